The summed E-state index contributed by atoms with van der Waals surface area (Å²) in [7, 11) is 0. The first-order valence-electron chi connectivity index (χ1n) is 6.43. The fraction of sp³-hybridized carbons (Fsp3) is 0.846. The summed E-state index contributed by atoms with van der Waals surface area (Å²) in [5.74, 6) is 0. The van der Waals surface area contributed by atoms with Crippen LogP contribution in [0.4, 0.5) is 0 Å². The Kier molecular flexibility index (Phi) is 5.59. The number of rotatable bonds is 8. The van der Waals surface area contributed by atoms with Crippen LogP contribution in [0.3, 0.4) is 0 Å². The van der Waals surface area contributed by atoms with Gasteiger partial charge in [0.15, 0.2) is 0 Å². The highest BCUT2D eigenvalue weighted by Gasteiger charge is 2.27. The van der Waals surface area contributed by atoms with Crippen molar-refractivity contribution in [3.8, 4) is 0 Å². The molecule has 0 aromatic heterocycles. The van der Waals surface area contributed by atoms with Gasteiger partial charge in [-0.2, -0.15) is 10.2 Å². The summed E-state index contributed by atoms with van der Waals surface area (Å²) in [6.45, 7) is 4.49. The SMILES string of the molecule is CCCCCC1(CCCCC)C=CN=N1. The van der Waals surface area contributed by atoms with Gasteiger partial charge in [0.1, 0.15) is 5.54 Å². The molecule has 0 aromatic rings. The zero-order valence-electron chi connectivity index (χ0n) is 10.2. The van der Waals surface area contributed by atoms with Crippen LogP contribution in [0.25, 0.3) is 0 Å². The number of unbranched alkanes of at least 4 members (excludes halogenated alkanes) is 4. The Morgan fingerprint density at radius 1 is 0.933 bits per heavy atom. The Morgan fingerprint density at radius 2 is 1.53 bits per heavy atom. The molecule has 0 fully saturated rings. The lowest BCUT2D eigenvalue weighted by Crippen LogP contribution is -2.21. The minimum absolute atomic E-state index is 0.0737. The fourth-order valence-corrected chi connectivity index (χ4v) is 2.11. The number of azo groups is 1. The molecule has 0 saturated heterocycles. The van der Waals surface area contributed by atoms with E-state index in [1.54, 1.807) is 0 Å². The van der Waals surface area contributed by atoms with Crippen molar-refractivity contribution in [1.29, 1.82) is 0 Å². The highest BCUT2D eigenvalue weighted by atomic mass is 15.2. The highest BCUT2D eigenvalue weighted by molar-refractivity contribution is 5.09. The molecule has 0 bridgehead atoms. The third kappa shape index (κ3) is 4.15. The molecule has 1 heterocycles. The minimum Gasteiger partial charge on any atom is -0.178 e. The third-order valence-electron chi connectivity index (χ3n) is 3.13. The first kappa shape index (κ1) is 12.4. The van der Waals surface area contributed by atoms with E-state index in [-0.39, 0.29) is 5.54 Å². The predicted molar refractivity (Wildman–Crippen MR) is 65.0 cm³/mol. The molecule has 0 amide bonds. The maximum absolute atomic E-state index is 4.42. The van der Waals surface area contributed by atoms with E-state index >= 15 is 0 Å². The van der Waals surface area contributed by atoms with Crippen LogP contribution in [-0.4, -0.2) is 5.54 Å². The molecular weight excluding hydrogens is 184 g/mol. The smallest absolute Gasteiger partial charge is 0.102 e. The van der Waals surface area contributed by atoms with Gasteiger partial charge in [0.25, 0.3) is 0 Å². The van der Waals surface area contributed by atoms with Crippen LogP contribution in [0.5, 0.6) is 0 Å². The topological polar surface area (TPSA) is 24.7 Å². The lowest BCUT2D eigenvalue weighted by molar-refractivity contribution is 0.408. The van der Waals surface area contributed by atoms with Crippen LogP contribution >= 0.6 is 0 Å². The van der Waals surface area contributed by atoms with Gasteiger partial charge in [-0.15, -0.1) is 0 Å². The molecule has 0 unspecified atom stereocenters. The Bertz CT molecular complexity index is 195. The molecule has 0 spiro atoms. The second kappa shape index (κ2) is 6.76. The van der Waals surface area contributed by atoms with Gasteiger partial charge in [-0.05, 0) is 18.9 Å². The third-order valence-corrected chi connectivity index (χ3v) is 3.13. The van der Waals surface area contributed by atoms with Crippen molar-refractivity contribution in [3.05, 3.63) is 12.3 Å². The van der Waals surface area contributed by atoms with E-state index in [0.29, 0.717) is 0 Å². The molecule has 2 heteroatoms. The molecular formula is C13H24N2. The molecule has 15 heavy (non-hydrogen) atoms. The summed E-state index contributed by atoms with van der Waals surface area (Å²) >= 11 is 0. The van der Waals surface area contributed by atoms with Crippen LogP contribution in [0.15, 0.2) is 22.5 Å². The van der Waals surface area contributed by atoms with Gasteiger partial charge in [0.2, 0.25) is 0 Å². The largest absolute Gasteiger partial charge is 0.178 e. The van der Waals surface area contributed by atoms with Gasteiger partial charge in [-0.1, -0.05) is 52.4 Å². The first-order valence-corrected chi connectivity index (χ1v) is 6.43. The average molecular weight is 208 g/mol. The molecule has 1 aliphatic rings. The lowest BCUT2D eigenvalue weighted by Gasteiger charge is -2.22. The molecule has 0 saturated carbocycles. The molecule has 1 aliphatic heterocycles. The fourth-order valence-electron chi connectivity index (χ4n) is 2.11. The highest BCUT2D eigenvalue weighted by Crippen LogP contribution is 2.31. The van der Waals surface area contributed by atoms with Crippen molar-refractivity contribution in [2.75, 3.05) is 0 Å². The maximum Gasteiger partial charge on any atom is 0.102 e. The van der Waals surface area contributed by atoms with E-state index in [4.69, 9.17) is 0 Å². The zero-order valence-corrected chi connectivity index (χ0v) is 10.2. The molecule has 0 atom stereocenters. The second-order valence-electron chi connectivity index (χ2n) is 4.55. The lowest BCUT2D eigenvalue weighted by atomic mass is 9.88. The van der Waals surface area contributed by atoms with E-state index in [0.717, 1.165) is 0 Å². The van der Waals surface area contributed by atoms with Gasteiger partial charge in [0.05, 0.1) is 0 Å². The number of nitrogens with zero attached hydrogens (tertiary/aromatic N) is 2. The molecule has 0 N–H and O–H groups in total. The molecule has 0 aliphatic carbocycles. The summed E-state index contributed by atoms with van der Waals surface area (Å²) in [4.78, 5) is 0. The van der Waals surface area contributed by atoms with Crippen molar-refractivity contribution in [2.24, 2.45) is 10.2 Å². The normalized spacial score (nSPS) is 17.5. The van der Waals surface area contributed by atoms with Gasteiger partial charge in [0, 0.05) is 6.20 Å². The van der Waals surface area contributed by atoms with E-state index in [1.807, 2.05) is 6.20 Å². The standard InChI is InChI=1S/C13H24N2/c1-3-5-7-9-13(10-8-6-4-2)11-12-14-15-13/h11-12H,3-10H2,1-2H3. The van der Waals surface area contributed by atoms with E-state index in [2.05, 4.69) is 30.2 Å². The monoisotopic (exact) mass is 208 g/mol. The Labute approximate surface area is 93.9 Å². The Balaban J connectivity index is 2.34. The summed E-state index contributed by atoms with van der Waals surface area (Å²) < 4.78 is 0. The van der Waals surface area contributed by atoms with E-state index in [1.165, 1.54) is 51.4 Å². The molecule has 86 valence electrons. The Hall–Kier alpha value is -0.660. The Morgan fingerprint density at radius 3 is 1.93 bits per heavy atom. The van der Waals surface area contributed by atoms with Crippen molar-refractivity contribution in [2.45, 2.75) is 70.8 Å². The molecule has 0 radical (unpaired) electrons. The van der Waals surface area contributed by atoms with E-state index < -0.39 is 0 Å². The number of hydrogen-bond acceptors (Lipinski definition) is 2. The second-order valence-corrected chi connectivity index (χ2v) is 4.55. The number of hydrogen-bond donors (Lipinski definition) is 0. The molecule has 0 aromatic carbocycles. The maximum atomic E-state index is 4.42. The quantitative estimate of drug-likeness (QED) is 0.509. The molecule has 2 nitrogen and oxygen atoms in total. The minimum atomic E-state index is 0.0737. The van der Waals surface area contributed by atoms with Crippen molar-refractivity contribution < 1.29 is 0 Å². The van der Waals surface area contributed by atoms with Crippen LogP contribution in [-0.2, 0) is 0 Å². The van der Waals surface area contributed by atoms with Crippen molar-refractivity contribution in [3.63, 3.8) is 0 Å². The zero-order chi connectivity index (χ0) is 11.0. The van der Waals surface area contributed by atoms with E-state index in [9.17, 15) is 0 Å². The summed E-state index contributed by atoms with van der Waals surface area (Å²) in [6, 6.07) is 0. The van der Waals surface area contributed by atoms with Crippen molar-refractivity contribution >= 4 is 0 Å². The molecule has 1 rings (SSSR count). The summed E-state index contributed by atoms with van der Waals surface area (Å²) in [5, 5.41) is 8.46. The van der Waals surface area contributed by atoms with Crippen LogP contribution in [0.1, 0.15) is 65.2 Å². The first-order chi connectivity index (χ1) is 7.33. The van der Waals surface area contributed by atoms with Gasteiger partial charge >= 0.3 is 0 Å². The average Bonchev–Trinajstić information content (AvgIpc) is 2.68. The van der Waals surface area contributed by atoms with Gasteiger partial charge in [-0.25, -0.2) is 0 Å². The predicted octanol–water partition coefficient (Wildman–Crippen LogP) is 4.87. The van der Waals surface area contributed by atoms with Crippen LogP contribution in [0.2, 0.25) is 0 Å². The summed E-state index contributed by atoms with van der Waals surface area (Å²) in [5.41, 5.74) is 0.0737. The van der Waals surface area contributed by atoms with Crippen LogP contribution < -0.4 is 0 Å². The van der Waals surface area contributed by atoms with Gasteiger partial charge in [-0.3, -0.25) is 0 Å². The van der Waals surface area contributed by atoms with Crippen molar-refractivity contribution in [1.82, 2.24) is 0 Å². The van der Waals surface area contributed by atoms with Gasteiger partial charge < -0.3 is 0 Å². The summed E-state index contributed by atoms with van der Waals surface area (Å²) in [6.07, 6.45) is 14.2. The van der Waals surface area contributed by atoms with Crippen LogP contribution in [0, 0.1) is 0 Å².